The summed E-state index contributed by atoms with van der Waals surface area (Å²) < 4.78 is 2.26. The molecule has 0 saturated heterocycles. The van der Waals surface area contributed by atoms with Crippen molar-refractivity contribution >= 4 is 21.8 Å². The molecule has 1 heterocycles. The summed E-state index contributed by atoms with van der Waals surface area (Å²) in [4.78, 5) is 0. The first-order valence-electron chi connectivity index (χ1n) is 11.2. The number of rotatable bonds is 13. The Balaban J connectivity index is 1.42. The molecule has 1 atom stereocenters. The fourth-order valence-corrected chi connectivity index (χ4v) is 4.13. The van der Waals surface area contributed by atoms with E-state index in [9.17, 15) is 5.11 Å². The lowest BCUT2D eigenvalue weighted by Gasteiger charge is -2.15. The third-order valence-electron chi connectivity index (χ3n) is 5.66. The summed E-state index contributed by atoms with van der Waals surface area (Å²) in [5, 5.41) is 16.5. The Labute approximate surface area is 169 Å². The number of hydrogen-bond acceptors (Lipinski definition) is 2. The average Bonchev–Trinajstić information content (AvgIpc) is 3.03. The second-order valence-electron chi connectivity index (χ2n) is 7.98. The summed E-state index contributed by atoms with van der Waals surface area (Å²) in [6, 6.07) is 16.9. The highest BCUT2D eigenvalue weighted by Gasteiger charge is 2.12. The van der Waals surface area contributed by atoms with Crippen LogP contribution in [0.3, 0.4) is 0 Å². The zero-order chi connectivity index (χ0) is 19.6. The number of aliphatic hydroxyl groups is 1. The van der Waals surface area contributed by atoms with Gasteiger partial charge in [0.1, 0.15) is 0 Å². The van der Waals surface area contributed by atoms with Gasteiger partial charge >= 0.3 is 0 Å². The number of aromatic nitrogens is 1. The van der Waals surface area contributed by atoms with E-state index in [0.29, 0.717) is 13.1 Å². The Hall–Kier alpha value is -1.84. The fraction of sp³-hybridized carbons (Fsp3) is 0.520. The highest BCUT2D eigenvalue weighted by Crippen LogP contribution is 2.28. The second kappa shape index (κ2) is 11.2. The Bertz CT molecular complexity index is 786. The van der Waals surface area contributed by atoms with Crippen LogP contribution in [-0.2, 0) is 6.54 Å². The molecule has 0 amide bonds. The van der Waals surface area contributed by atoms with Gasteiger partial charge in [-0.2, -0.15) is 0 Å². The van der Waals surface area contributed by atoms with Gasteiger partial charge in [-0.1, -0.05) is 88.3 Å². The minimum absolute atomic E-state index is 0.381. The first kappa shape index (κ1) is 20.9. The minimum atomic E-state index is -0.381. The van der Waals surface area contributed by atoms with Crippen LogP contribution in [0.4, 0.5) is 0 Å². The Morgan fingerprint density at radius 2 is 1.32 bits per heavy atom. The van der Waals surface area contributed by atoms with E-state index in [1.807, 2.05) is 0 Å². The first-order chi connectivity index (χ1) is 13.8. The molecule has 0 fully saturated rings. The smallest absolute Gasteiger partial charge is 0.0843 e. The van der Waals surface area contributed by atoms with E-state index < -0.39 is 0 Å². The molecule has 2 aromatic carbocycles. The maximum absolute atomic E-state index is 10.6. The van der Waals surface area contributed by atoms with Gasteiger partial charge in [-0.15, -0.1) is 0 Å². The van der Waals surface area contributed by atoms with Crippen molar-refractivity contribution in [1.82, 2.24) is 9.88 Å². The van der Waals surface area contributed by atoms with Crippen molar-refractivity contribution in [2.24, 2.45) is 0 Å². The lowest BCUT2D eigenvalue weighted by atomic mass is 10.1. The molecule has 3 heteroatoms. The third kappa shape index (κ3) is 5.59. The number of benzene rings is 2. The van der Waals surface area contributed by atoms with Crippen LogP contribution in [0.25, 0.3) is 21.8 Å². The minimum Gasteiger partial charge on any atom is -0.390 e. The summed E-state index contributed by atoms with van der Waals surface area (Å²) in [5.41, 5.74) is 2.40. The molecule has 152 valence electrons. The lowest BCUT2D eigenvalue weighted by molar-refractivity contribution is 0.154. The zero-order valence-electron chi connectivity index (χ0n) is 17.4. The maximum atomic E-state index is 10.6. The van der Waals surface area contributed by atoms with Crippen molar-refractivity contribution < 1.29 is 5.11 Å². The van der Waals surface area contributed by atoms with Gasteiger partial charge in [0.25, 0.3) is 0 Å². The van der Waals surface area contributed by atoms with E-state index in [1.165, 1.54) is 73.2 Å². The molecule has 3 rings (SSSR count). The predicted octanol–water partition coefficient (Wildman–Crippen LogP) is 5.89. The van der Waals surface area contributed by atoms with E-state index in [-0.39, 0.29) is 6.10 Å². The molecule has 0 aliphatic heterocycles. The van der Waals surface area contributed by atoms with Gasteiger partial charge in [0.15, 0.2) is 0 Å². The molecule has 0 spiro atoms. The molecule has 0 aliphatic carbocycles. The van der Waals surface area contributed by atoms with E-state index in [2.05, 4.69) is 65.3 Å². The summed E-state index contributed by atoms with van der Waals surface area (Å²) in [5.74, 6) is 0. The normalized spacial score (nSPS) is 12.8. The van der Waals surface area contributed by atoms with Gasteiger partial charge in [-0.25, -0.2) is 0 Å². The summed E-state index contributed by atoms with van der Waals surface area (Å²) in [6.45, 7) is 4.54. The number of nitrogens with one attached hydrogen (secondary N) is 1. The van der Waals surface area contributed by atoms with E-state index in [0.717, 1.165) is 6.54 Å². The summed E-state index contributed by atoms with van der Waals surface area (Å²) in [6.07, 6.45) is 10.3. The topological polar surface area (TPSA) is 37.2 Å². The largest absolute Gasteiger partial charge is 0.390 e. The molecule has 3 nitrogen and oxygen atoms in total. The van der Waals surface area contributed by atoms with Crippen LogP contribution in [0.5, 0.6) is 0 Å². The van der Waals surface area contributed by atoms with Crippen LogP contribution in [0.2, 0.25) is 0 Å². The number of unbranched alkanes of at least 4 members (excludes halogenated alkanes) is 7. The predicted molar refractivity (Wildman–Crippen MR) is 121 cm³/mol. The highest BCUT2D eigenvalue weighted by molar-refractivity contribution is 6.07. The molecule has 3 aromatic rings. The standard InChI is InChI=1S/C25H36N2O/c1-2-3-4-5-6-7-8-13-18-26-19-21(28)20-27-24-16-11-9-14-22(24)23-15-10-12-17-25(23)27/h9-12,14-17,21,26,28H,2-8,13,18-20H2,1H3/t21-/m0/s1. The molecule has 0 bridgehead atoms. The second-order valence-corrected chi connectivity index (χ2v) is 7.98. The van der Waals surface area contributed by atoms with Gasteiger partial charge in [-0.05, 0) is 25.1 Å². The molecule has 0 aliphatic rings. The number of aliphatic hydroxyl groups excluding tert-OH is 1. The Morgan fingerprint density at radius 3 is 1.93 bits per heavy atom. The van der Waals surface area contributed by atoms with Crippen molar-refractivity contribution in [2.75, 3.05) is 13.1 Å². The van der Waals surface area contributed by atoms with Crippen LogP contribution < -0.4 is 5.32 Å². The lowest BCUT2D eigenvalue weighted by Crippen LogP contribution is -2.30. The Kier molecular flexibility index (Phi) is 8.38. The quantitative estimate of drug-likeness (QED) is 0.363. The van der Waals surface area contributed by atoms with Gasteiger partial charge in [0.05, 0.1) is 12.6 Å². The van der Waals surface area contributed by atoms with Crippen molar-refractivity contribution in [3.8, 4) is 0 Å². The van der Waals surface area contributed by atoms with Gasteiger partial charge in [0, 0.05) is 28.4 Å². The third-order valence-corrected chi connectivity index (χ3v) is 5.66. The molecule has 0 radical (unpaired) electrons. The monoisotopic (exact) mass is 380 g/mol. The molecule has 2 N–H and O–H groups in total. The molecule has 1 aromatic heterocycles. The average molecular weight is 381 g/mol. The van der Waals surface area contributed by atoms with Crippen LogP contribution in [-0.4, -0.2) is 28.9 Å². The van der Waals surface area contributed by atoms with Crippen LogP contribution in [0.15, 0.2) is 48.5 Å². The van der Waals surface area contributed by atoms with Gasteiger partial charge in [-0.3, -0.25) is 0 Å². The Morgan fingerprint density at radius 1 is 0.786 bits per heavy atom. The molecular formula is C25H36N2O. The van der Waals surface area contributed by atoms with Crippen LogP contribution >= 0.6 is 0 Å². The van der Waals surface area contributed by atoms with Crippen molar-refractivity contribution in [2.45, 2.75) is 70.9 Å². The van der Waals surface area contributed by atoms with Crippen molar-refractivity contribution in [3.05, 3.63) is 48.5 Å². The van der Waals surface area contributed by atoms with E-state index in [4.69, 9.17) is 0 Å². The van der Waals surface area contributed by atoms with Crippen molar-refractivity contribution in [1.29, 1.82) is 0 Å². The molecule has 28 heavy (non-hydrogen) atoms. The van der Waals surface area contributed by atoms with E-state index in [1.54, 1.807) is 0 Å². The number of fused-ring (bicyclic) bond motifs is 3. The van der Waals surface area contributed by atoms with Crippen molar-refractivity contribution in [3.63, 3.8) is 0 Å². The maximum Gasteiger partial charge on any atom is 0.0843 e. The van der Waals surface area contributed by atoms with Gasteiger partial charge < -0.3 is 15.0 Å². The summed E-state index contributed by atoms with van der Waals surface area (Å²) in [7, 11) is 0. The number of hydrogen-bond donors (Lipinski definition) is 2. The van der Waals surface area contributed by atoms with Crippen LogP contribution in [0, 0.1) is 0 Å². The first-order valence-corrected chi connectivity index (χ1v) is 11.2. The highest BCUT2D eigenvalue weighted by atomic mass is 16.3. The zero-order valence-corrected chi connectivity index (χ0v) is 17.4. The summed E-state index contributed by atoms with van der Waals surface area (Å²) >= 11 is 0. The number of nitrogens with zero attached hydrogens (tertiary/aromatic N) is 1. The van der Waals surface area contributed by atoms with Crippen LogP contribution in [0.1, 0.15) is 58.3 Å². The van der Waals surface area contributed by atoms with Gasteiger partial charge in [0.2, 0.25) is 0 Å². The SMILES string of the molecule is CCCCCCCCCCNC[C@H](O)Cn1c2ccccc2c2ccccc21. The van der Waals surface area contributed by atoms with E-state index >= 15 is 0 Å². The molecular weight excluding hydrogens is 344 g/mol. The fourth-order valence-electron chi connectivity index (χ4n) is 4.13. The number of para-hydroxylation sites is 2. The molecule has 0 saturated carbocycles. The molecule has 0 unspecified atom stereocenters.